The minimum Gasteiger partial charge on any atom is -0.414 e. The lowest BCUT2D eigenvalue weighted by Gasteiger charge is -2.38. The molecule has 0 aromatic heterocycles. The fourth-order valence-corrected chi connectivity index (χ4v) is 3.64. The molecule has 2 unspecified atom stereocenters. The van der Waals surface area contributed by atoms with Crippen LogP contribution >= 0.6 is 0 Å². The minimum absolute atomic E-state index is 0.230. The molecule has 2 nitrogen and oxygen atoms in total. The quantitative estimate of drug-likeness (QED) is 0.553. The van der Waals surface area contributed by atoms with Gasteiger partial charge >= 0.3 is 0 Å². The van der Waals surface area contributed by atoms with Crippen LogP contribution in [-0.2, 0) is 9.16 Å². The van der Waals surface area contributed by atoms with E-state index >= 15 is 0 Å². The molecule has 0 aromatic rings. The highest BCUT2D eigenvalue weighted by Crippen LogP contribution is 2.37. The molecule has 2 atom stereocenters. The highest BCUT2D eigenvalue weighted by Gasteiger charge is 2.38. The van der Waals surface area contributed by atoms with Crippen LogP contribution < -0.4 is 0 Å². The van der Waals surface area contributed by atoms with Gasteiger partial charge in [0.2, 0.25) is 0 Å². The first-order valence-corrected chi connectivity index (χ1v) is 14.6. The Balaban J connectivity index is 2.52. The molecule has 1 aliphatic rings. The Morgan fingerprint density at radius 2 is 1.76 bits per heavy atom. The van der Waals surface area contributed by atoms with Gasteiger partial charge in [0.1, 0.15) is 8.07 Å². The first kappa shape index (κ1) is 19.0. The van der Waals surface area contributed by atoms with Crippen LogP contribution in [0.5, 0.6) is 0 Å². The van der Waals surface area contributed by atoms with E-state index in [9.17, 15) is 0 Å². The third-order valence-electron chi connectivity index (χ3n) is 4.45. The molecule has 122 valence electrons. The lowest BCUT2D eigenvalue weighted by Crippen LogP contribution is -2.43. The van der Waals surface area contributed by atoms with Gasteiger partial charge in [-0.3, -0.25) is 0 Å². The third-order valence-corrected chi connectivity index (χ3v) is 9.85. The lowest BCUT2D eigenvalue weighted by atomic mass is 9.97. The van der Waals surface area contributed by atoms with E-state index in [4.69, 9.17) is 9.16 Å². The van der Waals surface area contributed by atoms with Crippen LogP contribution in [-0.4, -0.2) is 35.7 Å². The zero-order valence-corrected chi connectivity index (χ0v) is 17.3. The second-order valence-electron chi connectivity index (χ2n) is 8.80. The zero-order chi connectivity index (χ0) is 16.3. The fourth-order valence-electron chi connectivity index (χ4n) is 1.96. The summed E-state index contributed by atoms with van der Waals surface area (Å²) >= 11 is 0. The number of rotatable bonds is 3. The summed E-state index contributed by atoms with van der Waals surface area (Å²) in [5.41, 5.74) is 3.51. The maximum absolute atomic E-state index is 6.30. The first-order chi connectivity index (χ1) is 9.41. The van der Waals surface area contributed by atoms with Gasteiger partial charge in [0.05, 0.1) is 12.7 Å². The standard InChI is InChI=1S/C17H34O2Si2/c1-17(2,3)21(7,8)19-14-16-13-15(9-11-18-16)10-12-20(4,5)6/h15-16H,9,11,13-14H2,1-8H3. The summed E-state index contributed by atoms with van der Waals surface area (Å²) in [6.07, 6.45) is 2.34. The molecule has 21 heavy (non-hydrogen) atoms. The molecule has 0 aromatic carbocycles. The molecule has 0 bridgehead atoms. The van der Waals surface area contributed by atoms with E-state index in [2.05, 4.69) is 65.0 Å². The Labute approximate surface area is 134 Å². The molecule has 4 heteroatoms. The Hall–Kier alpha value is -0.0862. The van der Waals surface area contributed by atoms with E-state index in [0.29, 0.717) is 5.92 Å². The van der Waals surface area contributed by atoms with E-state index in [-0.39, 0.29) is 11.1 Å². The molecular weight excluding hydrogens is 292 g/mol. The average Bonchev–Trinajstić information content (AvgIpc) is 2.32. The van der Waals surface area contributed by atoms with E-state index < -0.39 is 16.4 Å². The summed E-state index contributed by atoms with van der Waals surface area (Å²) in [6, 6.07) is 0. The van der Waals surface area contributed by atoms with Crippen LogP contribution in [0.1, 0.15) is 33.6 Å². The van der Waals surface area contributed by atoms with Crippen LogP contribution in [0.15, 0.2) is 0 Å². The van der Waals surface area contributed by atoms with E-state index in [0.717, 1.165) is 26.1 Å². The Kier molecular flexibility index (Phi) is 6.32. The Bertz CT molecular complexity index is 394. The summed E-state index contributed by atoms with van der Waals surface area (Å²) in [5.74, 6) is 4.01. The predicted octanol–water partition coefficient (Wildman–Crippen LogP) is 4.68. The van der Waals surface area contributed by atoms with Crippen molar-refractivity contribution in [3.63, 3.8) is 0 Å². The summed E-state index contributed by atoms with van der Waals surface area (Å²) in [7, 11) is -2.93. The largest absolute Gasteiger partial charge is 0.414 e. The zero-order valence-electron chi connectivity index (χ0n) is 15.3. The molecule has 0 N–H and O–H groups in total. The van der Waals surface area contributed by atoms with Gasteiger partial charge in [0.15, 0.2) is 8.32 Å². The summed E-state index contributed by atoms with van der Waals surface area (Å²) in [5, 5.41) is 0.263. The van der Waals surface area contributed by atoms with Gasteiger partial charge < -0.3 is 9.16 Å². The number of ether oxygens (including phenoxy) is 1. The molecule has 1 heterocycles. The van der Waals surface area contributed by atoms with E-state index in [1.807, 2.05) is 0 Å². The molecular formula is C17H34O2Si2. The first-order valence-electron chi connectivity index (χ1n) is 8.19. The maximum atomic E-state index is 6.30. The molecule has 1 saturated heterocycles. The Morgan fingerprint density at radius 3 is 2.29 bits per heavy atom. The molecule has 1 fully saturated rings. The number of hydrogen-bond acceptors (Lipinski definition) is 2. The maximum Gasteiger partial charge on any atom is 0.192 e. The van der Waals surface area contributed by atoms with Gasteiger partial charge in [-0.05, 0) is 31.0 Å². The van der Waals surface area contributed by atoms with Crippen LogP contribution in [0.4, 0.5) is 0 Å². The normalized spacial score (nSPS) is 24.4. The molecule has 1 rings (SSSR count). The van der Waals surface area contributed by atoms with Gasteiger partial charge in [0, 0.05) is 12.5 Å². The summed E-state index contributed by atoms with van der Waals surface area (Å²) < 4.78 is 12.2. The van der Waals surface area contributed by atoms with Crippen LogP contribution in [0, 0.1) is 17.4 Å². The van der Waals surface area contributed by atoms with Crippen molar-refractivity contribution in [1.29, 1.82) is 0 Å². The van der Waals surface area contributed by atoms with Crippen molar-refractivity contribution in [1.82, 2.24) is 0 Å². The highest BCUT2D eigenvalue weighted by molar-refractivity contribution is 6.83. The SMILES string of the molecule is CC(C)(C)[Si](C)(C)OCC1CC(C#C[Si](C)(C)C)CCO1. The molecule has 0 spiro atoms. The Morgan fingerprint density at radius 1 is 1.14 bits per heavy atom. The van der Waals surface area contributed by atoms with Crippen molar-refractivity contribution in [2.75, 3.05) is 13.2 Å². The summed E-state index contributed by atoms with van der Waals surface area (Å²) in [4.78, 5) is 0. The molecule has 0 amide bonds. The van der Waals surface area contributed by atoms with Gasteiger partial charge in [-0.25, -0.2) is 0 Å². The molecule has 0 radical (unpaired) electrons. The van der Waals surface area contributed by atoms with E-state index in [1.165, 1.54) is 0 Å². The predicted molar refractivity (Wildman–Crippen MR) is 96.7 cm³/mol. The fraction of sp³-hybridized carbons (Fsp3) is 0.882. The minimum atomic E-state index is -1.67. The smallest absolute Gasteiger partial charge is 0.192 e. The molecule has 0 aliphatic carbocycles. The van der Waals surface area contributed by atoms with Gasteiger partial charge in [-0.2, -0.15) is 0 Å². The monoisotopic (exact) mass is 326 g/mol. The summed E-state index contributed by atoms with van der Waals surface area (Å²) in [6.45, 7) is 19.9. The van der Waals surface area contributed by atoms with Crippen LogP contribution in [0.25, 0.3) is 0 Å². The van der Waals surface area contributed by atoms with E-state index in [1.54, 1.807) is 0 Å². The van der Waals surface area contributed by atoms with Crippen molar-refractivity contribution in [2.24, 2.45) is 5.92 Å². The molecule has 1 aliphatic heterocycles. The van der Waals surface area contributed by atoms with Crippen molar-refractivity contribution in [3.8, 4) is 11.5 Å². The van der Waals surface area contributed by atoms with Gasteiger partial charge in [0.25, 0.3) is 0 Å². The third kappa shape index (κ3) is 6.69. The average molecular weight is 327 g/mol. The lowest BCUT2D eigenvalue weighted by molar-refractivity contribution is -0.0254. The van der Waals surface area contributed by atoms with Crippen molar-refractivity contribution in [3.05, 3.63) is 0 Å². The topological polar surface area (TPSA) is 18.5 Å². The molecule has 0 saturated carbocycles. The highest BCUT2D eigenvalue weighted by atomic mass is 28.4. The number of hydrogen-bond donors (Lipinski definition) is 0. The van der Waals surface area contributed by atoms with Crippen molar-refractivity contribution in [2.45, 2.75) is 77.5 Å². The second kappa shape index (κ2) is 6.99. The van der Waals surface area contributed by atoms with Gasteiger partial charge in [-0.15, -0.1) is 11.5 Å². The van der Waals surface area contributed by atoms with Crippen molar-refractivity contribution >= 4 is 16.4 Å². The second-order valence-corrected chi connectivity index (χ2v) is 18.4. The van der Waals surface area contributed by atoms with Crippen LogP contribution in [0.2, 0.25) is 37.8 Å². The van der Waals surface area contributed by atoms with Crippen molar-refractivity contribution < 1.29 is 9.16 Å². The van der Waals surface area contributed by atoms with Gasteiger partial charge in [-0.1, -0.05) is 40.4 Å². The van der Waals surface area contributed by atoms with Crippen LogP contribution in [0.3, 0.4) is 0 Å².